The van der Waals surface area contributed by atoms with E-state index >= 15 is 0 Å². The van der Waals surface area contributed by atoms with Crippen molar-refractivity contribution in [3.63, 3.8) is 0 Å². The van der Waals surface area contributed by atoms with Crippen molar-refractivity contribution in [1.82, 2.24) is 9.78 Å². The first-order valence-corrected chi connectivity index (χ1v) is 6.28. The third-order valence-corrected chi connectivity index (χ3v) is 3.30. The first-order valence-electron chi connectivity index (χ1n) is 5.10. The average Bonchev–Trinajstić information content (AvgIpc) is 2.66. The van der Waals surface area contributed by atoms with E-state index in [1.807, 2.05) is 31.2 Å². The summed E-state index contributed by atoms with van der Waals surface area (Å²) >= 11 is 9.52. The second kappa shape index (κ2) is 4.91. The molecule has 0 aliphatic carbocycles. The van der Waals surface area contributed by atoms with Crippen LogP contribution in [-0.4, -0.2) is 9.78 Å². The van der Waals surface area contributed by atoms with E-state index in [4.69, 9.17) is 16.9 Å². The van der Waals surface area contributed by atoms with Crippen LogP contribution in [0.25, 0.3) is 5.69 Å². The van der Waals surface area contributed by atoms with Crippen molar-refractivity contribution in [2.45, 2.75) is 13.3 Å². The standard InChI is InChI=1S/C12H9BrClN3/c1-2-11-10(7-15)12(14)17(16-11)9-5-3-8(13)4-6-9/h3-6H,2H2,1H3. The molecule has 2 rings (SSSR count). The summed E-state index contributed by atoms with van der Waals surface area (Å²) in [5.74, 6) is 0. The van der Waals surface area contributed by atoms with Crippen LogP contribution in [0.5, 0.6) is 0 Å². The number of nitrogens with zero attached hydrogens (tertiary/aromatic N) is 3. The van der Waals surface area contributed by atoms with Gasteiger partial charge in [-0.1, -0.05) is 34.5 Å². The van der Waals surface area contributed by atoms with Crippen molar-refractivity contribution < 1.29 is 0 Å². The highest BCUT2D eigenvalue weighted by molar-refractivity contribution is 9.10. The van der Waals surface area contributed by atoms with Gasteiger partial charge in [0.15, 0.2) is 5.15 Å². The molecule has 0 spiro atoms. The second-order valence-electron chi connectivity index (χ2n) is 3.47. The number of aryl methyl sites for hydroxylation is 1. The highest BCUT2D eigenvalue weighted by Crippen LogP contribution is 2.24. The summed E-state index contributed by atoms with van der Waals surface area (Å²) in [5.41, 5.74) is 2.02. The lowest BCUT2D eigenvalue weighted by Crippen LogP contribution is -1.96. The van der Waals surface area contributed by atoms with E-state index < -0.39 is 0 Å². The Morgan fingerprint density at radius 1 is 1.41 bits per heavy atom. The highest BCUT2D eigenvalue weighted by Gasteiger charge is 2.15. The number of halogens is 2. The molecular formula is C12H9BrClN3. The van der Waals surface area contributed by atoms with Gasteiger partial charge in [0.1, 0.15) is 11.6 Å². The van der Waals surface area contributed by atoms with E-state index in [0.29, 0.717) is 17.1 Å². The molecule has 1 aromatic heterocycles. The molecule has 0 N–H and O–H groups in total. The van der Waals surface area contributed by atoms with Gasteiger partial charge in [-0.2, -0.15) is 10.4 Å². The Morgan fingerprint density at radius 2 is 2.06 bits per heavy atom. The summed E-state index contributed by atoms with van der Waals surface area (Å²) < 4.78 is 2.58. The summed E-state index contributed by atoms with van der Waals surface area (Å²) in [6, 6.07) is 9.69. The Bertz CT molecular complexity index is 581. The van der Waals surface area contributed by atoms with Crippen LogP contribution in [-0.2, 0) is 6.42 Å². The Morgan fingerprint density at radius 3 is 2.53 bits per heavy atom. The molecule has 0 atom stereocenters. The predicted molar refractivity (Wildman–Crippen MR) is 70.4 cm³/mol. The summed E-state index contributed by atoms with van der Waals surface area (Å²) in [6.45, 7) is 1.95. The molecule has 86 valence electrons. The monoisotopic (exact) mass is 309 g/mol. The van der Waals surface area contributed by atoms with E-state index in [0.717, 1.165) is 15.9 Å². The zero-order valence-electron chi connectivity index (χ0n) is 9.11. The smallest absolute Gasteiger partial charge is 0.150 e. The van der Waals surface area contributed by atoms with Crippen molar-refractivity contribution >= 4 is 27.5 Å². The molecule has 17 heavy (non-hydrogen) atoms. The maximum absolute atomic E-state index is 9.04. The molecule has 3 nitrogen and oxygen atoms in total. The van der Waals surface area contributed by atoms with Gasteiger partial charge in [0.2, 0.25) is 0 Å². The molecule has 5 heteroatoms. The normalized spacial score (nSPS) is 10.2. The third-order valence-electron chi connectivity index (χ3n) is 2.42. The third kappa shape index (κ3) is 2.21. The molecule has 0 bridgehead atoms. The fourth-order valence-electron chi connectivity index (χ4n) is 1.55. The maximum atomic E-state index is 9.04. The van der Waals surface area contributed by atoms with Crippen LogP contribution in [0.2, 0.25) is 5.15 Å². The van der Waals surface area contributed by atoms with Crippen LogP contribution in [0.15, 0.2) is 28.7 Å². The first kappa shape index (κ1) is 12.2. The molecule has 0 saturated heterocycles. The van der Waals surface area contributed by atoms with Crippen molar-refractivity contribution in [3.8, 4) is 11.8 Å². The molecule has 1 heterocycles. The van der Waals surface area contributed by atoms with Crippen LogP contribution in [0.1, 0.15) is 18.2 Å². The van der Waals surface area contributed by atoms with Crippen LogP contribution < -0.4 is 0 Å². The molecule has 2 aromatic rings. The molecule has 0 fully saturated rings. The summed E-state index contributed by atoms with van der Waals surface area (Å²) in [6.07, 6.45) is 0.687. The molecule has 0 saturated carbocycles. The Kier molecular flexibility index (Phi) is 3.51. The van der Waals surface area contributed by atoms with Crippen molar-refractivity contribution in [1.29, 1.82) is 5.26 Å². The predicted octanol–water partition coefficient (Wildman–Crippen LogP) is 3.72. The number of benzene rings is 1. The Balaban J connectivity index is 2.57. The zero-order chi connectivity index (χ0) is 12.4. The molecule has 0 radical (unpaired) electrons. The summed E-state index contributed by atoms with van der Waals surface area (Å²) in [7, 11) is 0. The van der Waals surface area contributed by atoms with Gasteiger partial charge in [0, 0.05) is 4.47 Å². The average molecular weight is 311 g/mol. The zero-order valence-corrected chi connectivity index (χ0v) is 11.5. The van der Waals surface area contributed by atoms with Gasteiger partial charge in [0.05, 0.1) is 11.4 Å². The Labute approximate surface area is 113 Å². The number of nitriles is 1. The summed E-state index contributed by atoms with van der Waals surface area (Å²) in [5, 5.41) is 13.8. The van der Waals surface area contributed by atoms with Gasteiger partial charge in [-0.15, -0.1) is 0 Å². The van der Waals surface area contributed by atoms with E-state index in [2.05, 4.69) is 27.1 Å². The molecule has 0 aliphatic heterocycles. The fourth-order valence-corrected chi connectivity index (χ4v) is 2.10. The van der Waals surface area contributed by atoms with Crippen molar-refractivity contribution in [2.24, 2.45) is 0 Å². The maximum Gasteiger partial charge on any atom is 0.150 e. The number of rotatable bonds is 2. The highest BCUT2D eigenvalue weighted by atomic mass is 79.9. The van der Waals surface area contributed by atoms with Crippen LogP contribution in [0.3, 0.4) is 0 Å². The quantitative estimate of drug-likeness (QED) is 0.848. The SMILES string of the molecule is CCc1nn(-c2ccc(Br)cc2)c(Cl)c1C#N. The van der Waals surface area contributed by atoms with Gasteiger partial charge in [-0.3, -0.25) is 0 Å². The van der Waals surface area contributed by atoms with Crippen LogP contribution in [0.4, 0.5) is 0 Å². The van der Waals surface area contributed by atoms with Crippen molar-refractivity contribution in [3.05, 3.63) is 45.1 Å². The fraction of sp³-hybridized carbons (Fsp3) is 0.167. The van der Waals surface area contributed by atoms with Crippen LogP contribution in [0, 0.1) is 11.3 Å². The minimum atomic E-state index is 0.367. The topological polar surface area (TPSA) is 41.6 Å². The lowest BCUT2D eigenvalue weighted by atomic mass is 10.2. The molecule has 1 aromatic carbocycles. The number of aromatic nitrogens is 2. The van der Waals surface area contributed by atoms with Gasteiger partial charge in [-0.25, -0.2) is 4.68 Å². The molecule has 0 aliphatic rings. The lowest BCUT2D eigenvalue weighted by molar-refractivity contribution is 0.842. The summed E-state index contributed by atoms with van der Waals surface area (Å²) in [4.78, 5) is 0. The van der Waals surface area contributed by atoms with Gasteiger partial charge >= 0.3 is 0 Å². The minimum Gasteiger partial charge on any atom is -0.221 e. The van der Waals surface area contributed by atoms with Crippen molar-refractivity contribution in [2.75, 3.05) is 0 Å². The Hall–Kier alpha value is -1.31. The first-order chi connectivity index (χ1) is 8.17. The van der Waals surface area contributed by atoms with Gasteiger partial charge in [0.25, 0.3) is 0 Å². The van der Waals surface area contributed by atoms with E-state index in [1.54, 1.807) is 4.68 Å². The minimum absolute atomic E-state index is 0.367. The largest absolute Gasteiger partial charge is 0.221 e. The molecule has 0 unspecified atom stereocenters. The second-order valence-corrected chi connectivity index (χ2v) is 4.74. The lowest BCUT2D eigenvalue weighted by Gasteiger charge is -2.02. The number of hydrogen-bond acceptors (Lipinski definition) is 2. The van der Waals surface area contributed by atoms with E-state index in [1.165, 1.54) is 0 Å². The molecule has 0 amide bonds. The van der Waals surface area contributed by atoms with Gasteiger partial charge < -0.3 is 0 Å². The van der Waals surface area contributed by atoms with E-state index in [-0.39, 0.29) is 0 Å². The van der Waals surface area contributed by atoms with Gasteiger partial charge in [-0.05, 0) is 30.7 Å². The van der Waals surface area contributed by atoms with Crippen LogP contribution >= 0.6 is 27.5 Å². The number of hydrogen-bond donors (Lipinski definition) is 0. The molecular weight excluding hydrogens is 302 g/mol. The van der Waals surface area contributed by atoms with E-state index in [9.17, 15) is 0 Å².